The summed E-state index contributed by atoms with van der Waals surface area (Å²) in [7, 11) is 0. The van der Waals surface area contributed by atoms with E-state index in [-0.39, 0.29) is 0 Å². The van der Waals surface area contributed by atoms with E-state index in [0.29, 0.717) is 0 Å². The molecule has 0 fully saturated rings. The Morgan fingerprint density at radius 1 is 0.354 bits per heavy atom. The number of anilines is 3. The van der Waals surface area contributed by atoms with E-state index in [4.69, 9.17) is 4.42 Å². The van der Waals surface area contributed by atoms with Crippen LogP contribution in [0.2, 0.25) is 0 Å². The van der Waals surface area contributed by atoms with Crippen LogP contribution in [0.25, 0.3) is 76.2 Å². The van der Waals surface area contributed by atoms with Gasteiger partial charge in [0.05, 0.1) is 17.1 Å². The lowest BCUT2D eigenvalue weighted by molar-refractivity contribution is 0.673. The number of rotatable bonds is 4. The third-order valence-corrected chi connectivity index (χ3v) is 9.80. The van der Waals surface area contributed by atoms with E-state index in [0.717, 1.165) is 49.8 Å². The first kappa shape index (κ1) is 26.8. The summed E-state index contributed by atoms with van der Waals surface area (Å²) < 4.78 is 6.78. The summed E-state index contributed by atoms with van der Waals surface area (Å²) >= 11 is 0. The van der Waals surface area contributed by atoms with E-state index >= 15 is 0 Å². The number of nitrogens with zero attached hydrogens (tertiary/aromatic N) is 1. The van der Waals surface area contributed by atoms with E-state index in [2.05, 4.69) is 181 Å². The first-order valence-electron chi connectivity index (χ1n) is 16.4. The van der Waals surface area contributed by atoms with E-state index in [1.54, 1.807) is 0 Å². The zero-order valence-electron chi connectivity index (χ0n) is 26.1. The van der Waals surface area contributed by atoms with Gasteiger partial charge in [-0.1, -0.05) is 146 Å². The van der Waals surface area contributed by atoms with Crippen molar-refractivity contribution in [3.8, 4) is 11.1 Å². The summed E-state index contributed by atoms with van der Waals surface area (Å²) in [6, 6.07) is 63.3. The average molecular weight is 612 g/mol. The van der Waals surface area contributed by atoms with E-state index in [9.17, 15) is 0 Å². The van der Waals surface area contributed by atoms with Gasteiger partial charge in [0.25, 0.3) is 0 Å². The fourth-order valence-electron chi connectivity index (χ4n) is 7.61. The standard InChI is InChI=1S/C46H29NO/c1-2-15-33-28-34(27-26-30(33)12-1)37-22-11-25-44-45(37)40-29-43(38-20-7-8-21-39(38)46(40)48-44)47(41-23-9-16-31-13-3-5-18-35(31)41)42-24-10-17-32-14-4-6-19-36(32)42/h1-29H. The summed E-state index contributed by atoms with van der Waals surface area (Å²) in [6.07, 6.45) is 0. The van der Waals surface area contributed by atoms with E-state index in [1.165, 1.54) is 43.4 Å². The molecule has 224 valence electrons. The quantitative estimate of drug-likeness (QED) is 0.197. The van der Waals surface area contributed by atoms with E-state index < -0.39 is 0 Å². The number of furan rings is 1. The highest BCUT2D eigenvalue weighted by atomic mass is 16.3. The Kier molecular flexibility index (Phi) is 5.91. The van der Waals surface area contributed by atoms with Crippen molar-refractivity contribution in [1.82, 2.24) is 0 Å². The first-order chi connectivity index (χ1) is 23.8. The molecule has 0 spiro atoms. The van der Waals surface area contributed by atoms with Gasteiger partial charge in [-0.3, -0.25) is 0 Å². The van der Waals surface area contributed by atoms with Gasteiger partial charge in [-0.25, -0.2) is 0 Å². The van der Waals surface area contributed by atoms with Crippen LogP contribution in [0.4, 0.5) is 17.1 Å². The van der Waals surface area contributed by atoms with Crippen molar-refractivity contribution in [2.75, 3.05) is 4.90 Å². The normalized spacial score (nSPS) is 11.8. The minimum atomic E-state index is 0.889. The highest BCUT2D eigenvalue weighted by molar-refractivity contribution is 6.23. The minimum Gasteiger partial charge on any atom is -0.455 e. The Hall–Kier alpha value is -6.38. The summed E-state index contributed by atoms with van der Waals surface area (Å²) in [5.74, 6) is 0. The van der Waals surface area contributed by atoms with Crippen molar-refractivity contribution in [2.24, 2.45) is 0 Å². The second-order valence-corrected chi connectivity index (χ2v) is 12.5. The molecule has 0 bridgehead atoms. The largest absolute Gasteiger partial charge is 0.455 e. The molecule has 0 aliphatic rings. The van der Waals surface area contributed by atoms with Gasteiger partial charge < -0.3 is 9.32 Å². The second-order valence-electron chi connectivity index (χ2n) is 12.5. The monoisotopic (exact) mass is 611 g/mol. The first-order valence-corrected chi connectivity index (χ1v) is 16.4. The van der Waals surface area contributed by atoms with Gasteiger partial charge in [-0.2, -0.15) is 0 Å². The van der Waals surface area contributed by atoms with Crippen LogP contribution in [0.5, 0.6) is 0 Å². The van der Waals surface area contributed by atoms with Gasteiger partial charge >= 0.3 is 0 Å². The van der Waals surface area contributed by atoms with Crippen molar-refractivity contribution in [3.63, 3.8) is 0 Å². The molecular formula is C46H29NO. The van der Waals surface area contributed by atoms with Crippen LogP contribution in [-0.2, 0) is 0 Å². The molecule has 0 atom stereocenters. The molecule has 10 rings (SSSR count). The molecule has 1 aromatic heterocycles. The molecule has 0 aliphatic carbocycles. The predicted octanol–water partition coefficient (Wildman–Crippen LogP) is 13.3. The van der Waals surface area contributed by atoms with Gasteiger partial charge in [0.15, 0.2) is 0 Å². The van der Waals surface area contributed by atoms with Crippen molar-refractivity contribution in [2.45, 2.75) is 0 Å². The molecule has 9 aromatic carbocycles. The Bertz CT molecular complexity index is 2770. The lowest BCUT2D eigenvalue weighted by atomic mass is 9.95. The molecule has 0 saturated heterocycles. The van der Waals surface area contributed by atoms with Gasteiger partial charge in [-0.15, -0.1) is 0 Å². The van der Waals surface area contributed by atoms with Crippen LogP contribution in [0.1, 0.15) is 0 Å². The summed E-state index contributed by atoms with van der Waals surface area (Å²) in [5.41, 5.74) is 7.53. The fraction of sp³-hybridized carbons (Fsp3) is 0. The van der Waals surface area contributed by atoms with Gasteiger partial charge in [0, 0.05) is 32.3 Å². The fourth-order valence-corrected chi connectivity index (χ4v) is 7.61. The zero-order chi connectivity index (χ0) is 31.6. The second kappa shape index (κ2) is 10.6. The Morgan fingerprint density at radius 2 is 0.917 bits per heavy atom. The molecule has 2 nitrogen and oxygen atoms in total. The molecule has 0 amide bonds. The molecule has 1 heterocycles. The molecule has 0 N–H and O–H groups in total. The Balaban J connectivity index is 1.34. The van der Waals surface area contributed by atoms with E-state index in [1.807, 2.05) is 0 Å². The number of fused-ring (bicyclic) bond motifs is 8. The van der Waals surface area contributed by atoms with Crippen molar-refractivity contribution >= 4 is 82.1 Å². The van der Waals surface area contributed by atoms with Crippen molar-refractivity contribution in [3.05, 3.63) is 176 Å². The van der Waals surface area contributed by atoms with Crippen LogP contribution in [0.3, 0.4) is 0 Å². The van der Waals surface area contributed by atoms with Crippen LogP contribution < -0.4 is 4.90 Å². The molecule has 0 saturated carbocycles. The summed E-state index contributed by atoms with van der Waals surface area (Å²) in [4.78, 5) is 2.46. The number of benzene rings is 9. The highest BCUT2D eigenvalue weighted by Gasteiger charge is 2.23. The number of hydrogen-bond acceptors (Lipinski definition) is 2. The molecule has 0 unspecified atom stereocenters. The highest BCUT2D eigenvalue weighted by Crippen LogP contribution is 2.48. The smallest absolute Gasteiger partial charge is 0.143 e. The SMILES string of the molecule is c1ccc2cc(-c3cccc4oc5c6ccccc6c(N(c6cccc7ccccc67)c6cccc7ccccc67)cc5c34)ccc2c1. The number of hydrogen-bond donors (Lipinski definition) is 0. The average Bonchev–Trinajstić information content (AvgIpc) is 3.54. The molecule has 2 heteroatoms. The lowest BCUT2D eigenvalue weighted by Crippen LogP contribution is -2.11. The van der Waals surface area contributed by atoms with Gasteiger partial charge in [0.1, 0.15) is 11.2 Å². The Morgan fingerprint density at radius 3 is 1.62 bits per heavy atom. The maximum atomic E-state index is 6.78. The third-order valence-electron chi connectivity index (χ3n) is 9.80. The summed E-state index contributed by atoms with van der Waals surface area (Å²) in [5, 5.41) is 11.7. The van der Waals surface area contributed by atoms with Gasteiger partial charge in [-0.05, 0) is 63.0 Å². The van der Waals surface area contributed by atoms with Gasteiger partial charge in [0.2, 0.25) is 0 Å². The maximum absolute atomic E-state index is 6.78. The maximum Gasteiger partial charge on any atom is 0.143 e. The van der Waals surface area contributed by atoms with Crippen LogP contribution in [0.15, 0.2) is 180 Å². The lowest BCUT2D eigenvalue weighted by Gasteiger charge is -2.29. The van der Waals surface area contributed by atoms with Crippen LogP contribution in [-0.4, -0.2) is 0 Å². The third kappa shape index (κ3) is 4.06. The summed E-state index contributed by atoms with van der Waals surface area (Å²) in [6.45, 7) is 0. The molecular weight excluding hydrogens is 583 g/mol. The van der Waals surface area contributed by atoms with Crippen LogP contribution in [0, 0.1) is 0 Å². The Labute approximate surface area is 277 Å². The molecule has 48 heavy (non-hydrogen) atoms. The van der Waals surface area contributed by atoms with Crippen LogP contribution >= 0.6 is 0 Å². The predicted molar refractivity (Wildman–Crippen MR) is 204 cm³/mol. The molecule has 0 radical (unpaired) electrons. The molecule has 0 aliphatic heterocycles. The minimum absolute atomic E-state index is 0.889. The van der Waals surface area contributed by atoms with Crippen molar-refractivity contribution in [1.29, 1.82) is 0 Å². The molecule has 10 aromatic rings. The topological polar surface area (TPSA) is 16.4 Å². The zero-order valence-corrected chi connectivity index (χ0v) is 26.1. The van der Waals surface area contributed by atoms with Crippen molar-refractivity contribution < 1.29 is 4.42 Å².